The number of allylic oxidation sites excluding steroid dienone is 3. The minimum atomic E-state index is -4.56. The molecule has 3 rings (SSSR count). The number of nitrogens with two attached hydrogens (primary N) is 1. The van der Waals surface area contributed by atoms with E-state index in [-0.39, 0.29) is 35.7 Å². The van der Waals surface area contributed by atoms with Gasteiger partial charge < -0.3 is 20.5 Å². The van der Waals surface area contributed by atoms with Crippen LogP contribution in [0.25, 0.3) is 0 Å². The van der Waals surface area contributed by atoms with Crippen LogP contribution in [-0.2, 0) is 14.3 Å². The van der Waals surface area contributed by atoms with Crippen molar-refractivity contribution < 1.29 is 27.4 Å². The van der Waals surface area contributed by atoms with E-state index in [1.54, 1.807) is 24.3 Å². The lowest BCUT2D eigenvalue weighted by atomic mass is 10.0. The summed E-state index contributed by atoms with van der Waals surface area (Å²) in [5.74, 6) is -0.169. The molecule has 6 nitrogen and oxygen atoms in total. The fourth-order valence-electron chi connectivity index (χ4n) is 3.03. The van der Waals surface area contributed by atoms with Gasteiger partial charge in [-0.15, -0.1) is 11.6 Å². The zero-order chi connectivity index (χ0) is 21.0. The highest BCUT2D eigenvalue weighted by Crippen LogP contribution is 2.30. The highest BCUT2D eigenvalue weighted by Gasteiger charge is 2.44. The largest absolute Gasteiger partial charge is 0.481 e. The van der Waals surface area contributed by atoms with Gasteiger partial charge in [0.2, 0.25) is 0 Å². The van der Waals surface area contributed by atoms with Crippen LogP contribution >= 0.6 is 11.6 Å². The number of hydrogen-bond donors (Lipinski definition) is 2. The summed E-state index contributed by atoms with van der Waals surface area (Å²) in [6.07, 6.45) is 3.59. The van der Waals surface area contributed by atoms with Crippen LogP contribution < -0.4 is 11.1 Å². The van der Waals surface area contributed by atoms with Gasteiger partial charge in [0.15, 0.2) is 6.10 Å². The van der Waals surface area contributed by atoms with Crippen molar-refractivity contribution in [1.82, 2.24) is 5.32 Å². The molecule has 0 spiro atoms. The van der Waals surface area contributed by atoms with Crippen LogP contribution in [0.1, 0.15) is 19.3 Å². The predicted octanol–water partition coefficient (Wildman–Crippen LogP) is 2.86. The number of amides is 1. The van der Waals surface area contributed by atoms with Gasteiger partial charge in [-0.25, -0.2) is 4.99 Å². The van der Waals surface area contributed by atoms with Crippen LogP contribution in [0.3, 0.4) is 0 Å². The number of rotatable bonds is 6. The standard InChI is InChI=1S/C19H21ClF3N3O3/c20-12-3-1-11(2-4-12)17(27)25-13-5-7-15(8-6-13)29-16(19(21,22)23)9-14-10-28-18(24)26-14/h1-3,5,7-8,12-14,16H,4,6,9-10H2,(H2,24,26)(H,25,27)/t12?,13?,14-,16+/m0/s1. The van der Waals surface area contributed by atoms with E-state index < -0.39 is 24.7 Å². The molecular formula is C19H21ClF3N3O3. The minimum absolute atomic E-state index is 0.000468. The minimum Gasteiger partial charge on any atom is -0.481 e. The molecule has 0 fully saturated rings. The molecule has 1 amide bonds. The lowest BCUT2D eigenvalue weighted by Gasteiger charge is -2.25. The molecular weight excluding hydrogens is 411 g/mol. The first-order valence-electron chi connectivity index (χ1n) is 9.12. The van der Waals surface area contributed by atoms with Crippen LogP contribution in [0.15, 0.2) is 52.8 Å². The molecule has 0 aromatic heterocycles. The number of alkyl halides is 4. The summed E-state index contributed by atoms with van der Waals surface area (Å²) in [7, 11) is 0. The maximum atomic E-state index is 13.3. The molecule has 1 heterocycles. The fraction of sp³-hybridized carbons (Fsp3) is 0.474. The molecule has 10 heteroatoms. The first-order valence-corrected chi connectivity index (χ1v) is 9.55. The Morgan fingerprint density at radius 1 is 1.34 bits per heavy atom. The zero-order valence-electron chi connectivity index (χ0n) is 15.4. The maximum Gasteiger partial charge on any atom is 0.425 e. The van der Waals surface area contributed by atoms with E-state index >= 15 is 0 Å². The van der Waals surface area contributed by atoms with Crippen LogP contribution in [-0.4, -0.2) is 48.3 Å². The van der Waals surface area contributed by atoms with Gasteiger partial charge >= 0.3 is 6.18 Å². The van der Waals surface area contributed by atoms with E-state index in [2.05, 4.69) is 10.3 Å². The number of hydrogen-bond acceptors (Lipinski definition) is 5. The van der Waals surface area contributed by atoms with Gasteiger partial charge in [-0.3, -0.25) is 4.79 Å². The highest BCUT2D eigenvalue weighted by molar-refractivity contribution is 6.22. The normalized spacial score (nSPS) is 27.4. The van der Waals surface area contributed by atoms with E-state index in [1.807, 2.05) is 0 Å². The van der Waals surface area contributed by atoms with E-state index in [9.17, 15) is 18.0 Å². The molecule has 2 unspecified atom stereocenters. The summed E-state index contributed by atoms with van der Waals surface area (Å²) >= 11 is 5.93. The number of nitrogens with zero attached hydrogens (tertiary/aromatic N) is 1. The van der Waals surface area contributed by atoms with Crippen LogP contribution in [0, 0.1) is 0 Å². The van der Waals surface area contributed by atoms with Gasteiger partial charge in [-0.1, -0.05) is 24.3 Å². The van der Waals surface area contributed by atoms with E-state index in [1.165, 1.54) is 12.2 Å². The van der Waals surface area contributed by atoms with Gasteiger partial charge in [0.1, 0.15) is 12.4 Å². The van der Waals surface area contributed by atoms with Crippen molar-refractivity contribution in [3.63, 3.8) is 0 Å². The lowest BCUT2D eigenvalue weighted by Crippen LogP contribution is -2.36. The summed E-state index contributed by atoms with van der Waals surface area (Å²) < 4.78 is 50.1. The van der Waals surface area contributed by atoms with Gasteiger partial charge in [-0.05, 0) is 25.0 Å². The first-order chi connectivity index (χ1) is 13.7. The number of ether oxygens (including phenoxy) is 2. The molecule has 0 saturated carbocycles. The van der Waals surface area contributed by atoms with E-state index in [4.69, 9.17) is 26.8 Å². The van der Waals surface area contributed by atoms with E-state index in [0.717, 1.165) is 0 Å². The van der Waals surface area contributed by atoms with Crippen LogP contribution in [0.2, 0.25) is 0 Å². The fourth-order valence-corrected chi connectivity index (χ4v) is 3.19. The summed E-state index contributed by atoms with van der Waals surface area (Å²) in [4.78, 5) is 16.1. The van der Waals surface area contributed by atoms with Crippen molar-refractivity contribution in [2.45, 2.75) is 49.0 Å². The lowest BCUT2D eigenvalue weighted by molar-refractivity contribution is -0.211. The summed E-state index contributed by atoms with van der Waals surface area (Å²) in [6, 6.07) is -1.16. The molecule has 2 aliphatic carbocycles. The summed E-state index contributed by atoms with van der Waals surface area (Å²) in [5.41, 5.74) is 5.85. The third-order valence-corrected chi connectivity index (χ3v) is 4.88. The van der Waals surface area contributed by atoms with Gasteiger partial charge in [0.05, 0.1) is 17.5 Å². The quantitative estimate of drug-likeness (QED) is 0.633. The van der Waals surface area contributed by atoms with Crippen molar-refractivity contribution in [2.24, 2.45) is 10.7 Å². The molecule has 29 heavy (non-hydrogen) atoms. The molecule has 3 N–H and O–H groups in total. The van der Waals surface area contributed by atoms with Crippen molar-refractivity contribution >= 4 is 23.5 Å². The second-order valence-corrected chi connectivity index (χ2v) is 7.43. The Hall–Kier alpha value is -2.42. The Labute approximate surface area is 171 Å². The molecule has 4 atom stereocenters. The predicted molar refractivity (Wildman–Crippen MR) is 102 cm³/mol. The Morgan fingerprint density at radius 2 is 2.14 bits per heavy atom. The number of carbonyl (C=O) groups excluding carboxylic acids is 1. The van der Waals surface area contributed by atoms with Gasteiger partial charge in [0, 0.05) is 12.0 Å². The number of aliphatic imine (C=N–C) groups is 1. The third kappa shape index (κ3) is 6.03. The second-order valence-electron chi connectivity index (χ2n) is 6.87. The van der Waals surface area contributed by atoms with Crippen molar-refractivity contribution in [3.05, 3.63) is 47.8 Å². The number of nitrogens with one attached hydrogen (secondary N) is 1. The number of carbonyl (C=O) groups is 1. The monoisotopic (exact) mass is 431 g/mol. The van der Waals surface area contributed by atoms with Crippen LogP contribution in [0.5, 0.6) is 0 Å². The molecule has 0 radical (unpaired) electrons. The SMILES string of the molecule is NC1=N[C@@H](C[C@@H](OC2=CCC(NC(=O)C3=CCC(Cl)C=C3)C=C2)C(F)(F)F)CO1. The average molecular weight is 432 g/mol. The first kappa shape index (κ1) is 21.3. The van der Waals surface area contributed by atoms with Crippen molar-refractivity contribution in [1.29, 1.82) is 0 Å². The highest BCUT2D eigenvalue weighted by atomic mass is 35.5. The summed E-state index contributed by atoms with van der Waals surface area (Å²) in [6.45, 7) is -0.000468. The molecule has 3 aliphatic rings. The number of amidine groups is 1. The molecule has 158 valence electrons. The number of halogens is 4. The maximum absolute atomic E-state index is 13.3. The van der Waals surface area contributed by atoms with E-state index in [0.29, 0.717) is 18.4 Å². The molecule has 0 aromatic rings. The summed E-state index contributed by atoms with van der Waals surface area (Å²) in [5, 5.41) is 2.69. The Bertz CT molecular complexity index is 789. The second kappa shape index (κ2) is 8.94. The Kier molecular flexibility index (Phi) is 6.56. The molecule has 0 aromatic carbocycles. The van der Waals surface area contributed by atoms with Crippen molar-refractivity contribution in [3.8, 4) is 0 Å². The molecule has 1 aliphatic heterocycles. The Morgan fingerprint density at radius 3 is 2.69 bits per heavy atom. The molecule has 0 bridgehead atoms. The smallest absolute Gasteiger partial charge is 0.425 e. The van der Waals surface area contributed by atoms with Gasteiger partial charge in [0.25, 0.3) is 11.9 Å². The van der Waals surface area contributed by atoms with Crippen molar-refractivity contribution in [2.75, 3.05) is 6.61 Å². The topological polar surface area (TPSA) is 85.9 Å². The molecule has 0 saturated heterocycles. The third-order valence-electron chi connectivity index (χ3n) is 4.55. The zero-order valence-corrected chi connectivity index (χ0v) is 16.1. The average Bonchev–Trinajstić information content (AvgIpc) is 3.07. The Balaban J connectivity index is 1.53. The van der Waals surface area contributed by atoms with Gasteiger partial charge in [-0.2, -0.15) is 13.2 Å². The van der Waals surface area contributed by atoms with Crippen LogP contribution in [0.4, 0.5) is 13.2 Å².